The maximum atomic E-state index is 13.0. The molecule has 4 rings (SSSR count). The van der Waals surface area contributed by atoms with Crippen molar-refractivity contribution in [1.29, 1.82) is 0 Å². The fourth-order valence-corrected chi connectivity index (χ4v) is 4.04. The van der Waals surface area contributed by atoms with E-state index in [0.717, 1.165) is 5.75 Å². The quantitative estimate of drug-likeness (QED) is 0.450. The van der Waals surface area contributed by atoms with Crippen LogP contribution in [0.4, 0.5) is 5.69 Å². The van der Waals surface area contributed by atoms with E-state index < -0.39 is 0 Å². The molecule has 6 nitrogen and oxygen atoms in total. The number of hydrogen-bond donors (Lipinski definition) is 1. The number of anilines is 1. The van der Waals surface area contributed by atoms with Crippen molar-refractivity contribution in [3.8, 4) is 17.2 Å². The van der Waals surface area contributed by atoms with E-state index in [4.69, 9.17) is 21.1 Å². The van der Waals surface area contributed by atoms with Crippen molar-refractivity contribution in [2.45, 2.75) is 19.8 Å². The maximum absolute atomic E-state index is 13.0. The van der Waals surface area contributed by atoms with Gasteiger partial charge in [0.2, 0.25) is 5.91 Å². The zero-order chi connectivity index (χ0) is 23.9. The number of likely N-dealkylation sites (tertiary alicyclic amines) is 1. The molecule has 0 aliphatic carbocycles. The van der Waals surface area contributed by atoms with Gasteiger partial charge in [0, 0.05) is 29.6 Å². The average molecular weight is 479 g/mol. The van der Waals surface area contributed by atoms with Gasteiger partial charge in [-0.1, -0.05) is 23.7 Å². The van der Waals surface area contributed by atoms with Crippen LogP contribution in [0.2, 0.25) is 5.02 Å². The summed E-state index contributed by atoms with van der Waals surface area (Å²) in [6, 6.07) is 21.6. The third kappa shape index (κ3) is 5.88. The molecule has 2 amide bonds. The fraction of sp³-hybridized carbons (Fsp3) is 0.259. The Morgan fingerprint density at radius 2 is 1.59 bits per heavy atom. The highest BCUT2D eigenvalue weighted by Crippen LogP contribution is 2.31. The smallest absolute Gasteiger partial charge is 0.253 e. The zero-order valence-corrected chi connectivity index (χ0v) is 19.8. The highest BCUT2D eigenvalue weighted by Gasteiger charge is 2.28. The van der Waals surface area contributed by atoms with Crippen LogP contribution in [0, 0.1) is 5.92 Å². The Bertz CT molecular complexity index is 1120. The van der Waals surface area contributed by atoms with Gasteiger partial charge in [-0.15, -0.1) is 0 Å². The van der Waals surface area contributed by atoms with E-state index in [2.05, 4.69) is 5.32 Å². The SMILES string of the molecule is CCOc1ccc(Oc2ccccc2NC(=O)C2CCN(C(=O)c3ccc(Cl)cc3)CC2)cc1. The lowest BCUT2D eigenvalue weighted by Crippen LogP contribution is -2.41. The molecular weight excluding hydrogens is 452 g/mol. The van der Waals surface area contributed by atoms with Gasteiger partial charge in [0.25, 0.3) is 5.91 Å². The molecule has 0 unspecified atom stereocenters. The number of carbonyl (C=O) groups excluding carboxylic acids is 2. The highest BCUT2D eigenvalue weighted by molar-refractivity contribution is 6.30. The van der Waals surface area contributed by atoms with Gasteiger partial charge in [-0.05, 0) is 80.4 Å². The van der Waals surface area contributed by atoms with Crippen molar-refractivity contribution in [2.75, 3.05) is 25.0 Å². The number of halogens is 1. The number of rotatable bonds is 7. The van der Waals surface area contributed by atoms with Crippen LogP contribution in [0.25, 0.3) is 0 Å². The van der Waals surface area contributed by atoms with Crippen LogP contribution in [0.15, 0.2) is 72.8 Å². The summed E-state index contributed by atoms with van der Waals surface area (Å²) in [5, 5.41) is 3.60. The molecule has 3 aromatic carbocycles. The van der Waals surface area contributed by atoms with Gasteiger partial charge in [0.15, 0.2) is 5.75 Å². The molecule has 0 saturated carbocycles. The number of hydrogen-bond acceptors (Lipinski definition) is 4. The lowest BCUT2D eigenvalue weighted by atomic mass is 9.95. The number of nitrogens with one attached hydrogen (secondary N) is 1. The number of carbonyl (C=O) groups is 2. The van der Waals surface area contributed by atoms with Crippen LogP contribution in [-0.2, 0) is 4.79 Å². The molecule has 34 heavy (non-hydrogen) atoms. The molecule has 0 atom stereocenters. The number of para-hydroxylation sites is 2. The molecule has 0 aromatic heterocycles. The van der Waals surface area contributed by atoms with Gasteiger partial charge >= 0.3 is 0 Å². The summed E-state index contributed by atoms with van der Waals surface area (Å²) in [6.07, 6.45) is 1.21. The average Bonchev–Trinajstić information content (AvgIpc) is 2.87. The minimum atomic E-state index is -0.173. The maximum Gasteiger partial charge on any atom is 0.253 e. The Kier molecular flexibility index (Phi) is 7.70. The summed E-state index contributed by atoms with van der Waals surface area (Å²) in [5.74, 6) is 1.71. The van der Waals surface area contributed by atoms with Crippen molar-refractivity contribution in [1.82, 2.24) is 4.90 Å². The Morgan fingerprint density at radius 3 is 2.26 bits per heavy atom. The van der Waals surface area contributed by atoms with E-state index >= 15 is 0 Å². The molecule has 7 heteroatoms. The minimum absolute atomic E-state index is 0.0374. The lowest BCUT2D eigenvalue weighted by molar-refractivity contribution is -0.121. The highest BCUT2D eigenvalue weighted by atomic mass is 35.5. The van der Waals surface area contributed by atoms with Gasteiger partial charge in [0.1, 0.15) is 11.5 Å². The first-order valence-electron chi connectivity index (χ1n) is 11.4. The predicted octanol–water partition coefficient (Wildman–Crippen LogP) is 6.02. The Hall–Kier alpha value is -3.51. The largest absolute Gasteiger partial charge is 0.494 e. The predicted molar refractivity (Wildman–Crippen MR) is 133 cm³/mol. The second-order valence-corrected chi connectivity index (χ2v) is 8.50. The number of nitrogens with zero attached hydrogens (tertiary/aromatic N) is 1. The van der Waals surface area contributed by atoms with Crippen molar-refractivity contribution in [2.24, 2.45) is 5.92 Å². The molecule has 0 spiro atoms. The normalized spacial score (nSPS) is 13.9. The fourth-order valence-electron chi connectivity index (χ4n) is 3.91. The van der Waals surface area contributed by atoms with Crippen LogP contribution < -0.4 is 14.8 Å². The molecular formula is C27H27ClN2O4. The van der Waals surface area contributed by atoms with E-state index in [-0.39, 0.29) is 17.7 Å². The van der Waals surface area contributed by atoms with Gasteiger partial charge in [-0.25, -0.2) is 0 Å². The monoisotopic (exact) mass is 478 g/mol. The van der Waals surface area contributed by atoms with Gasteiger partial charge in [-0.2, -0.15) is 0 Å². The van der Waals surface area contributed by atoms with E-state index in [1.807, 2.05) is 55.5 Å². The summed E-state index contributed by atoms with van der Waals surface area (Å²) < 4.78 is 11.5. The van der Waals surface area contributed by atoms with Crippen molar-refractivity contribution in [3.63, 3.8) is 0 Å². The van der Waals surface area contributed by atoms with Crippen molar-refractivity contribution >= 4 is 29.1 Å². The van der Waals surface area contributed by atoms with E-state index in [0.29, 0.717) is 60.3 Å². The Morgan fingerprint density at radius 1 is 0.941 bits per heavy atom. The van der Waals surface area contributed by atoms with Gasteiger partial charge in [0.05, 0.1) is 12.3 Å². The Balaban J connectivity index is 1.34. The number of piperidine rings is 1. The summed E-state index contributed by atoms with van der Waals surface area (Å²) in [7, 11) is 0. The van der Waals surface area contributed by atoms with E-state index in [9.17, 15) is 9.59 Å². The molecule has 1 N–H and O–H groups in total. The summed E-state index contributed by atoms with van der Waals surface area (Å²) in [5.41, 5.74) is 1.22. The third-order valence-corrected chi connectivity index (χ3v) is 6.00. The summed E-state index contributed by atoms with van der Waals surface area (Å²) >= 11 is 5.91. The second kappa shape index (κ2) is 11.1. The van der Waals surface area contributed by atoms with Crippen LogP contribution in [0.3, 0.4) is 0 Å². The van der Waals surface area contributed by atoms with E-state index in [1.165, 1.54) is 0 Å². The topological polar surface area (TPSA) is 67.9 Å². The first kappa shape index (κ1) is 23.6. The van der Waals surface area contributed by atoms with Crippen LogP contribution >= 0.6 is 11.6 Å². The molecule has 1 fully saturated rings. The summed E-state index contributed by atoms with van der Waals surface area (Å²) in [6.45, 7) is 3.60. The number of benzene rings is 3. The lowest BCUT2D eigenvalue weighted by Gasteiger charge is -2.31. The Labute approximate surface area is 204 Å². The van der Waals surface area contributed by atoms with Crippen LogP contribution in [0.5, 0.6) is 17.2 Å². The van der Waals surface area contributed by atoms with Crippen molar-refractivity contribution in [3.05, 3.63) is 83.4 Å². The first-order valence-corrected chi connectivity index (χ1v) is 11.8. The zero-order valence-electron chi connectivity index (χ0n) is 19.0. The molecule has 1 aliphatic heterocycles. The van der Waals surface area contributed by atoms with E-state index in [1.54, 1.807) is 29.2 Å². The third-order valence-electron chi connectivity index (χ3n) is 5.75. The second-order valence-electron chi connectivity index (χ2n) is 8.07. The molecule has 1 heterocycles. The number of amides is 2. The summed E-state index contributed by atoms with van der Waals surface area (Å²) in [4.78, 5) is 27.5. The molecule has 1 aliphatic rings. The van der Waals surface area contributed by atoms with Gasteiger partial charge in [-0.3, -0.25) is 9.59 Å². The minimum Gasteiger partial charge on any atom is -0.494 e. The standard InChI is InChI=1S/C27H27ClN2O4/c1-2-33-22-11-13-23(14-12-22)34-25-6-4-3-5-24(25)29-26(31)19-15-17-30(18-16-19)27(32)20-7-9-21(28)10-8-20/h3-14,19H,2,15-18H2,1H3,(H,29,31). The first-order chi connectivity index (χ1) is 16.5. The van der Waals surface area contributed by atoms with Crippen LogP contribution in [-0.4, -0.2) is 36.4 Å². The van der Waals surface area contributed by atoms with Crippen molar-refractivity contribution < 1.29 is 19.1 Å². The molecule has 3 aromatic rings. The van der Waals surface area contributed by atoms with Gasteiger partial charge < -0.3 is 19.7 Å². The molecule has 1 saturated heterocycles. The number of ether oxygens (including phenoxy) is 2. The molecule has 0 radical (unpaired) electrons. The molecule has 0 bridgehead atoms. The molecule has 176 valence electrons. The van der Waals surface area contributed by atoms with Crippen LogP contribution in [0.1, 0.15) is 30.1 Å².